The number of ketones is 1. The van der Waals surface area contributed by atoms with Crippen LogP contribution in [0.3, 0.4) is 0 Å². The molecule has 1 unspecified atom stereocenters. The van der Waals surface area contributed by atoms with Crippen LogP contribution in [-0.4, -0.2) is 41.0 Å². The Bertz CT molecular complexity index is 1410. The van der Waals surface area contributed by atoms with Gasteiger partial charge in [0.25, 0.3) is 5.78 Å². The highest BCUT2D eigenvalue weighted by molar-refractivity contribution is 7.17. The number of aliphatic hydroxyl groups is 1. The van der Waals surface area contributed by atoms with E-state index in [0.29, 0.717) is 12.4 Å². The molecule has 8 nitrogen and oxygen atoms in total. The van der Waals surface area contributed by atoms with Crippen LogP contribution in [0, 0.1) is 12.7 Å². The van der Waals surface area contributed by atoms with Gasteiger partial charge in [0.15, 0.2) is 5.13 Å². The van der Waals surface area contributed by atoms with Crippen LogP contribution in [0.2, 0.25) is 0 Å². The second-order valence-electron chi connectivity index (χ2n) is 7.95. The average molecular weight is 523 g/mol. The minimum atomic E-state index is -1.32. The number of carbonyl (C=O) groups is 3. The van der Waals surface area contributed by atoms with Crippen LogP contribution < -0.4 is 9.64 Å². The number of thiazole rings is 1. The van der Waals surface area contributed by atoms with Crippen molar-refractivity contribution in [3.05, 3.63) is 94.3 Å². The van der Waals surface area contributed by atoms with Crippen molar-refractivity contribution >= 4 is 39.9 Å². The molecular weight excluding hydrogens is 499 g/mol. The van der Waals surface area contributed by atoms with Gasteiger partial charge in [0.2, 0.25) is 0 Å². The number of Topliss-reactive ketones (excluding diaryl/α,β-unsaturated/α-hetero) is 1. The van der Waals surface area contributed by atoms with Crippen molar-refractivity contribution in [2.24, 2.45) is 0 Å². The molecule has 3 aromatic rings. The summed E-state index contributed by atoms with van der Waals surface area (Å²) in [5, 5.41) is 11.2. The van der Waals surface area contributed by atoms with Crippen LogP contribution in [0.4, 0.5) is 9.52 Å². The van der Waals surface area contributed by atoms with Gasteiger partial charge in [-0.05, 0) is 44.2 Å². The lowest BCUT2D eigenvalue weighted by atomic mass is 9.95. The first-order valence-electron chi connectivity index (χ1n) is 11.3. The maximum absolute atomic E-state index is 15.0. The molecule has 190 valence electrons. The Balaban J connectivity index is 1.87. The number of carbonyl (C=O) groups excluding carboxylic acids is 3. The SMILES string of the molecule is C=CCOC(=O)c1sc(N2C(=O)C(=O)/C(=C(/O)c3ccc(OCC)cc3)C2c2ccccc2F)nc1C. The molecule has 37 heavy (non-hydrogen) atoms. The smallest absolute Gasteiger partial charge is 0.350 e. The van der Waals surface area contributed by atoms with Gasteiger partial charge in [-0.2, -0.15) is 0 Å². The lowest BCUT2D eigenvalue weighted by Gasteiger charge is -2.23. The normalized spacial score (nSPS) is 16.6. The minimum absolute atomic E-state index is 0.0100. The molecule has 1 N–H and O–H groups in total. The van der Waals surface area contributed by atoms with Gasteiger partial charge >= 0.3 is 11.9 Å². The number of anilines is 1. The molecule has 1 aromatic heterocycles. The van der Waals surface area contributed by atoms with Gasteiger partial charge in [-0.15, -0.1) is 0 Å². The summed E-state index contributed by atoms with van der Waals surface area (Å²) >= 11 is 0.832. The number of aryl methyl sites for hydroxylation is 1. The van der Waals surface area contributed by atoms with Crippen molar-refractivity contribution in [2.75, 3.05) is 18.1 Å². The standard InChI is InChI=1S/C27H23FN2O6S/c1-4-14-36-26(34)24-15(3)29-27(37-24)30-21(18-8-6-7-9-19(18)28)20(23(32)25(30)33)22(31)16-10-12-17(13-11-16)35-5-2/h4,6-13,21,31H,1,5,14H2,2-3H3/b22-20+. The minimum Gasteiger partial charge on any atom is -0.507 e. The van der Waals surface area contributed by atoms with E-state index >= 15 is 4.39 Å². The van der Waals surface area contributed by atoms with E-state index in [9.17, 15) is 19.5 Å². The van der Waals surface area contributed by atoms with E-state index in [2.05, 4.69) is 11.6 Å². The van der Waals surface area contributed by atoms with Crippen LogP contribution in [0.15, 0.2) is 66.8 Å². The number of hydrogen-bond donors (Lipinski definition) is 1. The molecule has 0 radical (unpaired) electrons. The van der Waals surface area contributed by atoms with Gasteiger partial charge < -0.3 is 14.6 Å². The predicted octanol–water partition coefficient (Wildman–Crippen LogP) is 4.96. The molecule has 0 saturated carbocycles. The average Bonchev–Trinajstić information content (AvgIpc) is 3.39. The molecule has 1 fully saturated rings. The number of aromatic nitrogens is 1. The third-order valence-corrected chi connectivity index (χ3v) is 6.73. The lowest BCUT2D eigenvalue weighted by Crippen LogP contribution is -2.29. The van der Waals surface area contributed by atoms with Crippen LogP contribution in [-0.2, 0) is 14.3 Å². The van der Waals surface area contributed by atoms with E-state index in [-0.39, 0.29) is 39.0 Å². The molecule has 0 spiro atoms. The van der Waals surface area contributed by atoms with Crippen molar-refractivity contribution in [1.29, 1.82) is 0 Å². The summed E-state index contributed by atoms with van der Waals surface area (Å²) < 4.78 is 25.5. The van der Waals surface area contributed by atoms with Gasteiger partial charge in [-0.3, -0.25) is 14.5 Å². The Morgan fingerprint density at radius 3 is 2.57 bits per heavy atom. The Hall–Kier alpha value is -4.31. The van der Waals surface area contributed by atoms with E-state index in [1.54, 1.807) is 25.1 Å². The van der Waals surface area contributed by atoms with E-state index in [0.717, 1.165) is 16.2 Å². The number of nitrogens with zero attached hydrogens (tertiary/aromatic N) is 2. The van der Waals surface area contributed by atoms with Gasteiger partial charge in [-0.25, -0.2) is 14.2 Å². The summed E-state index contributed by atoms with van der Waals surface area (Å²) in [7, 11) is 0. The first-order chi connectivity index (χ1) is 17.8. The van der Waals surface area contributed by atoms with E-state index in [4.69, 9.17) is 9.47 Å². The number of rotatable bonds is 8. The zero-order chi connectivity index (χ0) is 26.7. The third kappa shape index (κ3) is 4.88. The number of benzene rings is 2. The molecule has 1 aliphatic heterocycles. The Labute approximate surface area is 216 Å². The van der Waals surface area contributed by atoms with Gasteiger partial charge in [0, 0.05) is 11.1 Å². The fourth-order valence-corrected chi connectivity index (χ4v) is 4.91. The number of esters is 1. The number of hydrogen-bond acceptors (Lipinski definition) is 8. The van der Waals surface area contributed by atoms with E-state index in [1.807, 2.05) is 6.92 Å². The number of aliphatic hydroxyl groups excluding tert-OH is 1. The molecule has 2 heterocycles. The quantitative estimate of drug-likeness (QED) is 0.147. The number of amides is 1. The largest absolute Gasteiger partial charge is 0.507 e. The second kappa shape index (κ2) is 10.8. The van der Waals surface area contributed by atoms with Crippen molar-refractivity contribution in [3.63, 3.8) is 0 Å². The highest BCUT2D eigenvalue weighted by Crippen LogP contribution is 2.44. The summed E-state index contributed by atoms with van der Waals surface area (Å²) in [5.41, 5.74) is 0.197. The highest BCUT2D eigenvalue weighted by Gasteiger charge is 2.49. The number of halogens is 1. The molecule has 1 aliphatic rings. The monoisotopic (exact) mass is 522 g/mol. The molecule has 1 saturated heterocycles. The lowest BCUT2D eigenvalue weighted by molar-refractivity contribution is -0.132. The van der Waals surface area contributed by atoms with Gasteiger partial charge in [0.05, 0.1) is 17.9 Å². The Morgan fingerprint density at radius 2 is 1.92 bits per heavy atom. The Kier molecular flexibility index (Phi) is 7.49. The zero-order valence-corrected chi connectivity index (χ0v) is 20.9. The molecule has 2 aromatic carbocycles. The summed E-state index contributed by atoms with van der Waals surface area (Å²) in [6.45, 7) is 7.31. The second-order valence-corrected chi connectivity index (χ2v) is 8.92. The summed E-state index contributed by atoms with van der Waals surface area (Å²) in [4.78, 5) is 44.4. The third-order valence-electron chi connectivity index (χ3n) is 5.59. The molecular formula is C27H23FN2O6S. The van der Waals surface area contributed by atoms with Crippen LogP contribution >= 0.6 is 11.3 Å². The first-order valence-corrected chi connectivity index (χ1v) is 12.1. The topological polar surface area (TPSA) is 106 Å². The maximum Gasteiger partial charge on any atom is 0.350 e. The fourth-order valence-electron chi connectivity index (χ4n) is 3.93. The Morgan fingerprint density at radius 1 is 1.22 bits per heavy atom. The van der Waals surface area contributed by atoms with Gasteiger partial charge in [-0.1, -0.05) is 42.2 Å². The van der Waals surface area contributed by atoms with Crippen molar-refractivity contribution in [2.45, 2.75) is 19.9 Å². The molecule has 0 bridgehead atoms. The van der Waals surface area contributed by atoms with Crippen molar-refractivity contribution < 1.29 is 33.4 Å². The van der Waals surface area contributed by atoms with Crippen LogP contribution in [0.5, 0.6) is 5.75 Å². The first kappa shape index (κ1) is 25.8. The van der Waals surface area contributed by atoms with Crippen LogP contribution in [0.25, 0.3) is 5.76 Å². The fraction of sp³-hybridized carbons (Fsp3) is 0.185. The van der Waals surface area contributed by atoms with E-state index in [1.165, 1.54) is 36.4 Å². The molecule has 1 amide bonds. The van der Waals surface area contributed by atoms with Crippen molar-refractivity contribution in [1.82, 2.24) is 4.98 Å². The highest BCUT2D eigenvalue weighted by atomic mass is 32.1. The number of ether oxygens (including phenoxy) is 2. The molecule has 10 heteroatoms. The van der Waals surface area contributed by atoms with Gasteiger partial charge in [0.1, 0.15) is 34.9 Å². The molecule has 4 rings (SSSR count). The molecule has 0 aliphatic carbocycles. The summed E-state index contributed by atoms with van der Waals surface area (Å²) in [6.07, 6.45) is 1.41. The zero-order valence-electron chi connectivity index (χ0n) is 20.1. The van der Waals surface area contributed by atoms with Crippen LogP contribution in [0.1, 0.15) is 39.5 Å². The van der Waals surface area contributed by atoms with E-state index < -0.39 is 35.3 Å². The predicted molar refractivity (Wildman–Crippen MR) is 136 cm³/mol. The van der Waals surface area contributed by atoms with Crippen molar-refractivity contribution in [3.8, 4) is 5.75 Å². The molecule has 1 atom stereocenters. The maximum atomic E-state index is 15.0. The summed E-state index contributed by atoms with van der Waals surface area (Å²) in [5.74, 6) is -3.30. The summed E-state index contributed by atoms with van der Waals surface area (Å²) in [6, 6.07) is 10.6.